The molecule has 1 aliphatic heterocycles. The third-order valence-corrected chi connectivity index (χ3v) is 2.89. The Morgan fingerprint density at radius 3 is 2.80 bits per heavy atom. The Balaban J connectivity index is 2.55. The van der Waals surface area contributed by atoms with Gasteiger partial charge in [-0.1, -0.05) is 25.1 Å². The lowest BCUT2D eigenvalue weighted by molar-refractivity contribution is -0.152. The molecule has 1 heterocycles. The number of fused-ring (bicyclic) bond motifs is 1. The molecular weight excluding hydrogens is 202 g/mol. The van der Waals surface area contributed by atoms with Crippen LogP contribution in [-0.4, -0.2) is 18.1 Å². The van der Waals surface area contributed by atoms with Gasteiger partial charge < -0.3 is 9.84 Å². The molecule has 82 valence electrons. The van der Waals surface area contributed by atoms with Gasteiger partial charge in [-0.15, -0.1) is 0 Å². The SMILES string of the molecule is CC1COc2ccccc2C1(O)C(F)F. The van der Waals surface area contributed by atoms with Crippen molar-refractivity contribution in [3.8, 4) is 5.75 Å². The van der Waals surface area contributed by atoms with Gasteiger partial charge in [0.1, 0.15) is 5.75 Å². The standard InChI is InChI=1S/C11H12F2O2/c1-7-6-15-9-5-3-2-4-8(9)11(7,14)10(12)13/h2-5,7,10,14H,6H2,1H3. The van der Waals surface area contributed by atoms with E-state index in [9.17, 15) is 13.9 Å². The second-order valence-corrected chi connectivity index (χ2v) is 3.83. The maximum absolute atomic E-state index is 12.9. The predicted molar refractivity (Wildman–Crippen MR) is 51.0 cm³/mol. The van der Waals surface area contributed by atoms with Gasteiger partial charge in [0.05, 0.1) is 6.61 Å². The fourth-order valence-electron chi connectivity index (χ4n) is 1.86. The van der Waals surface area contributed by atoms with Crippen LogP contribution in [0.15, 0.2) is 24.3 Å². The molecule has 0 spiro atoms. The number of hydrogen-bond donors (Lipinski definition) is 1. The summed E-state index contributed by atoms with van der Waals surface area (Å²) in [6.45, 7) is 1.67. The molecule has 2 nitrogen and oxygen atoms in total. The third-order valence-electron chi connectivity index (χ3n) is 2.89. The first kappa shape index (κ1) is 10.4. The zero-order valence-corrected chi connectivity index (χ0v) is 8.28. The Bertz CT molecular complexity index is 367. The predicted octanol–water partition coefficient (Wildman–Crippen LogP) is 2.17. The average molecular weight is 214 g/mol. The molecule has 0 aliphatic carbocycles. The molecule has 0 aromatic heterocycles. The highest BCUT2D eigenvalue weighted by molar-refractivity contribution is 5.40. The summed E-state index contributed by atoms with van der Waals surface area (Å²) in [7, 11) is 0. The zero-order chi connectivity index (χ0) is 11.1. The number of aliphatic hydroxyl groups is 1. The van der Waals surface area contributed by atoms with Crippen molar-refractivity contribution in [1.29, 1.82) is 0 Å². The van der Waals surface area contributed by atoms with E-state index in [0.29, 0.717) is 5.75 Å². The normalized spacial score (nSPS) is 29.8. The van der Waals surface area contributed by atoms with Crippen LogP contribution in [0, 0.1) is 5.92 Å². The molecule has 4 heteroatoms. The first-order valence-electron chi connectivity index (χ1n) is 4.79. The van der Waals surface area contributed by atoms with Crippen molar-refractivity contribution in [2.24, 2.45) is 5.92 Å². The van der Waals surface area contributed by atoms with Crippen LogP contribution in [0.3, 0.4) is 0 Å². The highest BCUT2D eigenvalue weighted by Gasteiger charge is 2.49. The number of hydrogen-bond acceptors (Lipinski definition) is 2. The summed E-state index contributed by atoms with van der Waals surface area (Å²) in [6, 6.07) is 6.39. The number of ether oxygens (including phenoxy) is 1. The lowest BCUT2D eigenvalue weighted by Gasteiger charge is -2.38. The van der Waals surface area contributed by atoms with Gasteiger partial charge in [-0.05, 0) is 6.07 Å². The smallest absolute Gasteiger partial charge is 0.271 e. The van der Waals surface area contributed by atoms with E-state index < -0.39 is 17.9 Å². The van der Waals surface area contributed by atoms with Crippen LogP contribution < -0.4 is 4.74 Å². The maximum atomic E-state index is 12.9. The largest absolute Gasteiger partial charge is 0.493 e. The summed E-state index contributed by atoms with van der Waals surface area (Å²) in [5.74, 6) is -0.272. The highest BCUT2D eigenvalue weighted by Crippen LogP contribution is 2.43. The van der Waals surface area contributed by atoms with Crippen LogP contribution in [0.2, 0.25) is 0 Å². The fraction of sp³-hybridized carbons (Fsp3) is 0.455. The van der Waals surface area contributed by atoms with Gasteiger partial charge in [0, 0.05) is 11.5 Å². The van der Waals surface area contributed by atoms with Crippen molar-refractivity contribution in [3.05, 3.63) is 29.8 Å². The first-order valence-corrected chi connectivity index (χ1v) is 4.79. The molecule has 0 radical (unpaired) electrons. The molecule has 1 aromatic rings. The number of halogens is 2. The fourth-order valence-corrected chi connectivity index (χ4v) is 1.86. The van der Waals surface area contributed by atoms with Crippen molar-refractivity contribution < 1.29 is 18.6 Å². The van der Waals surface area contributed by atoms with E-state index in [1.54, 1.807) is 25.1 Å². The third kappa shape index (κ3) is 1.40. The van der Waals surface area contributed by atoms with Crippen LogP contribution in [0.4, 0.5) is 8.78 Å². The maximum Gasteiger partial charge on any atom is 0.271 e. The van der Waals surface area contributed by atoms with E-state index in [1.165, 1.54) is 6.07 Å². The van der Waals surface area contributed by atoms with Crippen molar-refractivity contribution in [2.75, 3.05) is 6.61 Å². The molecule has 0 amide bonds. The van der Waals surface area contributed by atoms with Gasteiger partial charge in [-0.3, -0.25) is 0 Å². The lowest BCUT2D eigenvalue weighted by Crippen LogP contribution is -2.46. The summed E-state index contributed by atoms with van der Waals surface area (Å²) in [6.07, 6.45) is -2.81. The Labute approximate surface area is 86.5 Å². The highest BCUT2D eigenvalue weighted by atomic mass is 19.3. The number of para-hydroxylation sites is 1. The van der Waals surface area contributed by atoms with Gasteiger partial charge in [0.2, 0.25) is 0 Å². The van der Waals surface area contributed by atoms with Gasteiger partial charge in [0.15, 0.2) is 5.60 Å². The summed E-state index contributed by atoms with van der Waals surface area (Å²) in [5.41, 5.74) is -1.91. The molecule has 15 heavy (non-hydrogen) atoms. The molecule has 1 aromatic carbocycles. The number of benzene rings is 1. The molecule has 1 aliphatic rings. The number of alkyl halides is 2. The molecular formula is C11H12F2O2. The van der Waals surface area contributed by atoms with E-state index in [-0.39, 0.29) is 12.2 Å². The van der Waals surface area contributed by atoms with Gasteiger partial charge >= 0.3 is 0 Å². The van der Waals surface area contributed by atoms with Crippen molar-refractivity contribution in [2.45, 2.75) is 19.0 Å². The Kier molecular flexibility index (Phi) is 2.38. The lowest BCUT2D eigenvalue weighted by atomic mass is 9.81. The molecule has 1 N–H and O–H groups in total. The molecule has 0 fully saturated rings. The van der Waals surface area contributed by atoms with Gasteiger partial charge in [0.25, 0.3) is 6.43 Å². The minimum atomic E-state index is -2.81. The Morgan fingerprint density at radius 2 is 2.13 bits per heavy atom. The average Bonchev–Trinajstić information content (AvgIpc) is 2.23. The summed E-state index contributed by atoms with van der Waals surface area (Å²) in [5, 5.41) is 10.0. The van der Waals surface area contributed by atoms with Crippen LogP contribution in [0.5, 0.6) is 5.75 Å². The van der Waals surface area contributed by atoms with Crippen LogP contribution in [0.1, 0.15) is 12.5 Å². The van der Waals surface area contributed by atoms with Crippen LogP contribution in [0.25, 0.3) is 0 Å². The van der Waals surface area contributed by atoms with E-state index in [4.69, 9.17) is 4.74 Å². The molecule has 2 unspecified atom stereocenters. The second-order valence-electron chi connectivity index (χ2n) is 3.83. The van der Waals surface area contributed by atoms with E-state index >= 15 is 0 Å². The minimum Gasteiger partial charge on any atom is -0.493 e. The topological polar surface area (TPSA) is 29.5 Å². The van der Waals surface area contributed by atoms with Crippen LogP contribution >= 0.6 is 0 Å². The molecule has 0 saturated carbocycles. The first-order chi connectivity index (χ1) is 7.06. The summed E-state index contributed by atoms with van der Waals surface area (Å²) >= 11 is 0. The summed E-state index contributed by atoms with van der Waals surface area (Å²) in [4.78, 5) is 0. The van der Waals surface area contributed by atoms with Gasteiger partial charge in [-0.2, -0.15) is 0 Å². The molecule has 2 rings (SSSR count). The molecule has 0 saturated heterocycles. The van der Waals surface area contributed by atoms with Crippen molar-refractivity contribution in [3.63, 3.8) is 0 Å². The van der Waals surface area contributed by atoms with E-state index in [0.717, 1.165) is 0 Å². The number of rotatable bonds is 1. The van der Waals surface area contributed by atoms with Crippen LogP contribution in [-0.2, 0) is 5.60 Å². The Morgan fingerprint density at radius 1 is 1.47 bits per heavy atom. The Hall–Kier alpha value is -1.16. The van der Waals surface area contributed by atoms with E-state index in [1.807, 2.05) is 0 Å². The minimum absolute atomic E-state index is 0.109. The molecule has 2 atom stereocenters. The second kappa shape index (κ2) is 3.45. The zero-order valence-electron chi connectivity index (χ0n) is 8.28. The van der Waals surface area contributed by atoms with E-state index in [2.05, 4.69) is 0 Å². The van der Waals surface area contributed by atoms with Crippen molar-refractivity contribution >= 4 is 0 Å². The van der Waals surface area contributed by atoms with Crippen molar-refractivity contribution in [1.82, 2.24) is 0 Å². The monoisotopic (exact) mass is 214 g/mol. The summed E-state index contributed by atoms with van der Waals surface area (Å²) < 4.78 is 31.1. The molecule has 0 bridgehead atoms. The van der Waals surface area contributed by atoms with Gasteiger partial charge in [-0.25, -0.2) is 8.78 Å². The quantitative estimate of drug-likeness (QED) is 0.776.